The van der Waals surface area contributed by atoms with Gasteiger partial charge in [0.05, 0.1) is 16.8 Å². The number of hydrogen-bond acceptors (Lipinski definition) is 5. The molecule has 0 N–H and O–H groups in total. The van der Waals surface area contributed by atoms with E-state index < -0.39 is 0 Å². The van der Waals surface area contributed by atoms with Gasteiger partial charge < -0.3 is 9.80 Å². The molecule has 8 heteroatoms. The van der Waals surface area contributed by atoms with Crippen LogP contribution in [0.5, 0.6) is 0 Å². The zero-order valence-corrected chi connectivity index (χ0v) is 21.0. The van der Waals surface area contributed by atoms with Gasteiger partial charge in [-0.05, 0) is 50.5 Å². The van der Waals surface area contributed by atoms with Crippen molar-refractivity contribution < 1.29 is 9.18 Å². The van der Waals surface area contributed by atoms with Gasteiger partial charge in [0.2, 0.25) is 5.91 Å². The van der Waals surface area contributed by atoms with Gasteiger partial charge in [0, 0.05) is 38.0 Å². The van der Waals surface area contributed by atoms with Crippen molar-refractivity contribution in [3.05, 3.63) is 41.6 Å². The fraction of sp³-hybridized carbons (Fsp3) is 0.556. The highest BCUT2D eigenvalue weighted by molar-refractivity contribution is 5.91. The van der Waals surface area contributed by atoms with Crippen LogP contribution >= 0.6 is 0 Å². The van der Waals surface area contributed by atoms with Gasteiger partial charge >= 0.3 is 0 Å². The van der Waals surface area contributed by atoms with E-state index in [9.17, 15) is 9.18 Å². The van der Waals surface area contributed by atoms with Crippen LogP contribution in [0.3, 0.4) is 0 Å². The van der Waals surface area contributed by atoms with Crippen LogP contribution in [0, 0.1) is 18.7 Å². The van der Waals surface area contributed by atoms with Crippen molar-refractivity contribution in [3.63, 3.8) is 0 Å². The Morgan fingerprint density at radius 2 is 1.77 bits per heavy atom. The molecular weight excluding hydrogens is 443 g/mol. The van der Waals surface area contributed by atoms with E-state index in [1.165, 1.54) is 25.0 Å². The minimum atomic E-state index is -0.278. The predicted molar refractivity (Wildman–Crippen MR) is 135 cm³/mol. The number of hydrogen-bond donors (Lipinski definition) is 0. The monoisotopic (exact) mass is 478 g/mol. The molecule has 0 spiro atoms. The van der Waals surface area contributed by atoms with E-state index >= 15 is 0 Å². The van der Waals surface area contributed by atoms with Gasteiger partial charge in [-0.3, -0.25) is 4.79 Å². The number of nitrogens with zero attached hydrogens (tertiary/aromatic N) is 6. The quantitative estimate of drug-likeness (QED) is 0.499. The summed E-state index contributed by atoms with van der Waals surface area (Å²) in [6, 6.07) is 6.35. The molecule has 1 unspecified atom stereocenters. The van der Waals surface area contributed by atoms with Crippen molar-refractivity contribution in [2.45, 2.75) is 65.2 Å². The molecule has 1 aromatic carbocycles. The smallest absolute Gasteiger partial charge is 0.225 e. The predicted octanol–water partition coefficient (Wildman–Crippen LogP) is 5.01. The molecule has 2 aromatic heterocycles. The first-order chi connectivity index (χ1) is 17.0. The molecule has 2 aliphatic rings. The number of aryl methyl sites for hydroxylation is 1. The van der Waals surface area contributed by atoms with Gasteiger partial charge in [-0.1, -0.05) is 33.1 Å². The highest BCUT2D eigenvalue weighted by Gasteiger charge is 2.31. The number of carbonyl (C=O) groups is 1. The Morgan fingerprint density at radius 3 is 2.43 bits per heavy atom. The SMILES string of the molecule is CCCC(C)c1nc(N2CCN(C(=O)C3CCCC3)CC2)c2c(C)nn(-c3ccc(F)cc3)c2n1. The molecule has 3 aromatic rings. The second-order valence-electron chi connectivity index (χ2n) is 10.1. The standard InChI is InChI=1S/C27H35FN6O/c1-4-7-18(2)24-29-25(32-14-16-33(17-15-32)27(35)20-8-5-6-9-20)23-19(3)31-34(26(23)30-24)22-12-10-21(28)11-13-22/h10-13,18,20H,4-9,14-17H2,1-3H3. The maximum absolute atomic E-state index is 13.6. The maximum atomic E-state index is 13.6. The molecule has 1 saturated heterocycles. The minimum absolute atomic E-state index is 0.213. The Morgan fingerprint density at radius 1 is 1.09 bits per heavy atom. The molecule has 5 rings (SSSR count). The van der Waals surface area contributed by atoms with Gasteiger partial charge in [-0.15, -0.1) is 0 Å². The van der Waals surface area contributed by atoms with Crippen LogP contribution in [0.25, 0.3) is 16.7 Å². The summed E-state index contributed by atoms with van der Waals surface area (Å²) >= 11 is 0. The third kappa shape index (κ3) is 4.62. The minimum Gasteiger partial charge on any atom is -0.352 e. The van der Waals surface area contributed by atoms with E-state index in [0.29, 0.717) is 19.0 Å². The lowest BCUT2D eigenvalue weighted by Crippen LogP contribution is -2.50. The first-order valence-corrected chi connectivity index (χ1v) is 13.0. The summed E-state index contributed by atoms with van der Waals surface area (Å²) in [4.78, 5) is 27.3. The average Bonchev–Trinajstić information content (AvgIpc) is 3.53. The van der Waals surface area contributed by atoms with Gasteiger partial charge in [0.1, 0.15) is 17.5 Å². The molecule has 7 nitrogen and oxygen atoms in total. The van der Waals surface area contributed by atoms with Gasteiger partial charge in [0.25, 0.3) is 0 Å². The van der Waals surface area contributed by atoms with E-state index in [-0.39, 0.29) is 17.7 Å². The molecule has 35 heavy (non-hydrogen) atoms. The summed E-state index contributed by atoms with van der Waals surface area (Å²) in [6.07, 6.45) is 6.46. The molecule has 2 fully saturated rings. The molecule has 1 atom stereocenters. The van der Waals surface area contributed by atoms with E-state index in [1.54, 1.807) is 16.8 Å². The van der Waals surface area contributed by atoms with Crippen LogP contribution in [0.1, 0.15) is 69.8 Å². The lowest BCUT2D eigenvalue weighted by atomic mass is 10.1. The summed E-state index contributed by atoms with van der Waals surface area (Å²) < 4.78 is 15.4. The highest BCUT2D eigenvalue weighted by Crippen LogP contribution is 2.33. The maximum Gasteiger partial charge on any atom is 0.225 e. The van der Waals surface area contributed by atoms with Gasteiger partial charge in [-0.25, -0.2) is 19.0 Å². The lowest BCUT2D eigenvalue weighted by Gasteiger charge is -2.37. The lowest BCUT2D eigenvalue weighted by molar-refractivity contribution is -0.135. The Labute approximate surface area is 206 Å². The van der Waals surface area contributed by atoms with E-state index in [2.05, 4.69) is 18.7 Å². The molecule has 1 amide bonds. The number of piperazine rings is 1. The third-order valence-corrected chi connectivity index (χ3v) is 7.53. The summed E-state index contributed by atoms with van der Waals surface area (Å²) in [5.74, 6) is 2.18. The Bertz CT molecular complexity index is 1190. The van der Waals surface area contributed by atoms with Crippen molar-refractivity contribution in [1.82, 2.24) is 24.6 Å². The third-order valence-electron chi connectivity index (χ3n) is 7.53. The van der Waals surface area contributed by atoms with Crippen LogP contribution in [-0.2, 0) is 4.79 Å². The van der Waals surface area contributed by atoms with Crippen molar-refractivity contribution in [1.29, 1.82) is 0 Å². The number of fused-ring (bicyclic) bond motifs is 1. The number of halogens is 1. The number of rotatable bonds is 6. The van der Waals surface area contributed by atoms with Crippen LogP contribution in [-0.4, -0.2) is 56.7 Å². The number of amides is 1. The zero-order chi connectivity index (χ0) is 24.5. The first-order valence-electron chi connectivity index (χ1n) is 13.0. The molecule has 1 aliphatic heterocycles. The molecule has 3 heterocycles. The Balaban J connectivity index is 1.50. The first kappa shape index (κ1) is 23.7. The van der Waals surface area contributed by atoms with E-state index in [4.69, 9.17) is 15.1 Å². The summed E-state index contributed by atoms with van der Waals surface area (Å²) in [5.41, 5.74) is 2.37. The number of anilines is 1. The van der Waals surface area contributed by atoms with Crippen LogP contribution in [0.4, 0.5) is 10.2 Å². The Kier molecular flexibility index (Phi) is 6.71. The normalized spacial score (nSPS) is 17.9. The average molecular weight is 479 g/mol. The largest absolute Gasteiger partial charge is 0.352 e. The number of benzene rings is 1. The fourth-order valence-electron chi connectivity index (χ4n) is 5.52. The topological polar surface area (TPSA) is 67.2 Å². The zero-order valence-electron chi connectivity index (χ0n) is 21.0. The van der Waals surface area contributed by atoms with Crippen molar-refractivity contribution in [2.24, 2.45) is 5.92 Å². The van der Waals surface area contributed by atoms with Crippen LogP contribution < -0.4 is 4.90 Å². The number of aromatic nitrogens is 4. The summed E-state index contributed by atoms with van der Waals surface area (Å²) in [7, 11) is 0. The molecule has 186 valence electrons. The summed E-state index contributed by atoms with van der Waals surface area (Å²) in [6.45, 7) is 9.23. The van der Waals surface area contributed by atoms with E-state index in [1.807, 2.05) is 11.8 Å². The molecule has 1 saturated carbocycles. The molecular formula is C27H35FN6O. The second-order valence-corrected chi connectivity index (χ2v) is 10.1. The molecule has 0 radical (unpaired) electrons. The van der Waals surface area contributed by atoms with Crippen molar-refractivity contribution in [3.8, 4) is 5.69 Å². The van der Waals surface area contributed by atoms with Gasteiger partial charge in [-0.2, -0.15) is 5.10 Å². The van der Waals surface area contributed by atoms with Crippen LogP contribution in [0.2, 0.25) is 0 Å². The second kappa shape index (κ2) is 9.91. The highest BCUT2D eigenvalue weighted by atomic mass is 19.1. The Hall–Kier alpha value is -3.03. The van der Waals surface area contributed by atoms with Crippen molar-refractivity contribution in [2.75, 3.05) is 31.1 Å². The molecule has 1 aliphatic carbocycles. The van der Waals surface area contributed by atoms with Gasteiger partial charge in [0.15, 0.2) is 5.65 Å². The molecule has 0 bridgehead atoms. The van der Waals surface area contributed by atoms with Crippen molar-refractivity contribution >= 4 is 22.8 Å². The van der Waals surface area contributed by atoms with E-state index in [0.717, 1.165) is 72.8 Å². The number of carbonyl (C=O) groups excluding carboxylic acids is 1. The fourth-order valence-corrected chi connectivity index (χ4v) is 5.52. The summed E-state index contributed by atoms with van der Waals surface area (Å²) in [5, 5.41) is 5.72. The van der Waals surface area contributed by atoms with Crippen LogP contribution in [0.15, 0.2) is 24.3 Å².